The standard InChI is InChI=1S/C21H23N3O7/c1-11-16(24-21(31-11)13-6-3-8-15(26)18(13)28)20(30)23-10-4-9-22-19(29)12-5-2-7-14(25)17(12)27/h2-3,5-8,11,16,25-28H,4,9-10H2,1H3,(H,22,29)(H,23,30)/t11-,16-/m1/s1. The molecule has 2 amide bonds. The van der Waals surface area contributed by atoms with Crippen molar-refractivity contribution in [2.45, 2.75) is 25.5 Å². The first kappa shape index (κ1) is 21.8. The molecule has 2 atom stereocenters. The maximum absolute atomic E-state index is 12.4. The van der Waals surface area contributed by atoms with Gasteiger partial charge >= 0.3 is 0 Å². The van der Waals surface area contributed by atoms with Gasteiger partial charge in [-0.3, -0.25) is 9.59 Å². The van der Waals surface area contributed by atoms with Crippen LogP contribution in [0.1, 0.15) is 29.3 Å². The van der Waals surface area contributed by atoms with Crippen LogP contribution >= 0.6 is 0 Å². The molecule has 10 nitrogen and oxygen atoms in total. The second kappa shape index (κ2) is 9.24. The van der Waals surface area contributed by atoms with Crippen LogP contribution in [0.25, 0.3) is 0 Å². The monoisotopic (exact) mass is 429 g/mol. The number of rotatable bonds is 7. The summed E-state index contributed by atoms with van der Waals surface area (Å²) in [5.41, 5.74) is 0.151. The van der Waals surface area contributed by atoms with Gasteiger partial charge in [-0.25, -0.2) is 4.99 Å². The lowest BCUT2D eigenvalue weighted by Gasteiger charge is -2.13. The number of nitrogens with zero attached hydrogens (tertiary/aromatic N) is 1. The number of carbonyl (C=O) groups excluding carboxylic acids is 2. The number of hydrogen-bond acceptors (Lipinski definition) is 8. The molecule has 0 unspecified atom stereocenters. The van der Waals surface area contributed by atoms with Crippen molar-refractivity contribution >= 4 is 17.7 Å². The highest BCUT2D eigenvalue weighted by atomic mass is 16.5. The fourth-order valence-electron chi connectivity index (χ4n) is 3.03. The maximum Gasteiger partial charge on any atom is 0.255 e. The summed E-state index contributed by atoms with van der Waals surface area (Å²) in [6, 6.07) is 7.64. The lowest BCUT2D eigenvalue weighted by Crippen LogP contribution is -2.39. The van der Waals surface area contributed by atoms with E-state index in [1.165, 1.54) is 36.4 Å². The van der Waals surface area contributed by atoms with Crippen molar-refractivity contribution in [2.24, 2.45) is 4.99 Å². The fourth-order valence-corrected chi connectivity index (χ4v) is 3.03. The van der Waals surface area contributed by atoms with Gasteiger partial charge in [-0.05, 0) is 37.6 Å². The Bertz CT molecular complexity index is 1020. The van der Waals surface area contributed by atoms with Crippen LogP contribution in [0, 0.1) is 0 Å². The molecule has 164 valence electrons. The third-order valence-corrected chi connectivity index (χ3v) is 4.71. The predicted octanol–water partition coefficient (Wildman–Crippen LogP) is 0.979. The van der Waals surface area contributed by atoms with Crippen molar-refractivity contribution in [3.8, 4) is 23.0 Å². The molecule has 6 N–H and O–H groups in total. The van der Waals surface area contributed by atoms with Gasteiger partial charge in [0.15, 0.2) is 29.0 Å². The molecule has 3 rings (SSSR count). The van der Waals surface area contributed by atoms with Crippen LogP contribution in [-0.4, -0.2) is 63.4 Å². The Balaban J connectivity index is 1.48. The number of phenols is 4. The Hall–Kier alpha value is -3.95. The van der Waals surface area contributed by atoms with E-state index >= 15 is 0 Å². The Kier molecular flexibility index (Phi) is 6.49. The number of aliphatic imine (C=N–C) groups is 1. The van der Waals surface area contributed by atoms with E-state index in [4.69, 9.17) is 4.74 Å². The van der Waals surface area contributed by atoms with E-state index < -0.39 is 23.8 Å². The van der Waals surface area contributed by atoms with E-state index in [1.54, 1.807) is 6.92 Å². The number of hydrogen-bond donors (Lipinski definition) is 6. The summed E-state index contributed by atoms with van der Waals surface area (Å²) in [6.45, 7) is 2.16. The highest BCUT2D eigenvalue weighted by Crippen LogP contribution is 2.31. The van der Waals surface area contributed by atoms with Gasteiger partial charge in [-0.2, -0.15) is 0 Å². The number of phenolic OH excluding ortho intramolecular Hbond substituents is 4. The average molecular weight is 429 g/mol. The van der Waals surface area contributed by atoms with Crippen LogP contribution in [0.15, 0.2) is 41.4 Å². The maximum atomic E-state index is 12.4. The first-order valence-corrected chi connectivity index (χ1v) is 9.62. The zero-order valence-corrected chi connectivity index (χ0v) is 16.7. The highest BCUT2D eigenvalue weighted by Gasteiger charge is 2.34. The van der Waals surface area contributed by atoms with E-state index in [9.17, 15) is 30.0 Å². The van der Waals surface area contributed by atoms with E-state index in [0.717, 1.165) is 0 Å². The highest BCUT2D eigenvalue weighted by molar-refractivity contribution is 6.01. The van der Waals surface area contributed by atoms with Crippen molar-refractivity contribution in [1.29, 1.82) is 0 Å². The zero-order valence-electron chi connectivity index (χ0n) is 16.7. The molecular weight excluding hydrogens is 406 g/mol. The third kappa shape index (κ3) is 4.80. The number of aromatic hydroxyl groups is 4. The normalized spacial score (nSPS) is 17.5. The molecule has 1 aliphatic heterocycles. The van der Waals surface area contributed by atoms with Crippen molar-refractivity contribution in [3.05, 3.63) is 47.5 Å². The van der Waals surface area contributed by atoms with Gasteiger partial charge in [0.05, 0.1) is 11.1 Å². The number of benzene rings is 2. The van der Waals surface area contributed by atoms with Crippen molar-refractivity contribution < 1.29 is 34.8 Å². The first-order valence-electron chi connectivity index (χ1n) is 9.62. The van der Waals surface area contributed by atoms with Crippen LogP contribution in [0.3, 0.4) is 0 Å². The van der Waals surface area contributed by atoms with Crippen molar-refractivity contribution in [3.63, 3.8) is 0 Å². The van der Waals surface area contributed by atoms with Crippen molar-refractivity contribution in [1.82, 2.24) is 10.6 Å². The summed E-state index contributed by atoms with van der Waals surface area (Å²) in [5.74, 6) is -2.41. The molecule has 0 aromatic heterocycles. The summed E-state index contributed by atoms with van der Waals surface area (Å²) < 4.78 is 5.56. The minimum absolute atomic E-state index is 0.0435. The molecular formula is C21H23N3O7. The first-order chi connectivity index (χ1) is 14.8. The minimum Gasteiger partial charge on any atom is -0.504 e. The van der Waals surface area contributed by atoms with Crippen LogP contribution in [0.4, 0.5) is 0 Å². The summed E-state index contributed by atoms with van der Waals surface area (Å²) >= 11 is 0. The molecule has 0 fully saturated rings. The molecule has 1 aliphatic rings. The molecule has 1 heterocycles. The van der Waals surface area contributed by atoms with Crippen LogP contribution in [0.5, 0.6) is 23.0 Å². The Morgan fingerprint density at radius 1 is 0.968 bits per heavy atom. The van der Waals surface area contributed by atoms with Crippen molar-refractivity contribution in [2.75, 3.05) is 13.1 Å². The summed E-state index contributed by atoms with van der Waals surface area (Å²) in [6.07, 6.45) is -0.145. The molecule has 2 aromatic carbocycles. The van der Waals surface area contributed by atoms with Crippen LogP contribution in [-0.2, 0) is 9.53 Å². The lowest BCUT2D eigenvalue weighted by molar-refractivity contribution is -0.123. The molecule has 0 radical (unpaired) electrons. The van der Waals surface area contributed by atoms with E-state index in [-0.39, 0.29) is 53.3 Å². The molecule has 0 spiro atoms. The van der Waals surface area contributed by atoms with Gasteiger partial charge in [0, 0.05) is 13.1 Å². The second-order valence-electron chi connectivity index (χ2n) is 6.95. The van der Waals surface area contributed by atoms with Crippen LogP contribution < -0.4 is 10.6 Å². The molecule has 0 aliphatic carbocycles. The average Bonchev–Trinajstić information content (AvgIpc) is 3.13. The topological polar surface area (TPSA) is 161 Å². The Morgan fingerprint density at radius 3 is 2.35 bits per heavy atom. The summed E-state index contributed by atoms with van der Waals surface area (Å²) in [4.78, 5) is 28.7. The number of nitrogens with one attached hydrogen (secondary N) is 2. The molecule has 31 heavy (non-hydrogen) atoms. The quantitative estimate of drug-likeness (QED) is 0.282. The molecule has 2 aromatic rings. The number of ether oxygens (including phenoxy) is 1. The van der Waals surface area contributed by atoms with Crippen LogP contribution in [0.2, 0.25) is 0 Å². The summed E-state index contributed by atoms with van der Waals surface area (Å²) in [5, 5.41) is 44.0. The largest absolute Gasteiger partial charge is 0.504 e. The second-order valence-corrected chi connectivity index (χ2v) is 6.95. The summed E-state index contributed by atoms with van der Waals surface area (Å²) in [7, 11) is 0. The molecule has 0 saturated carbocycles. The smallest absolute Gasteiger partial charge is 0.255 e. The van der Waals surface area contributed by atoms with Gasteiger partial charge in [0.1, 0.15) is 6.10 Å². The van der Waals surface area contributed by atoms with E-state index in [0.29, 0.717) is 6.42 Å². The van der Waals surface area contributed by atoms with E-state index in [2.05, 4.69) is 15.6 Å². The molecule has 0 bridgehead atoms. The van der Waals surface area contributed by atoms with Gasteiger partial charge in [-0.1, -0.05) is 12.1 Å². The molecule has 10 heteroatoms. The minimum atomic E-state index is -0.824. The van der Waals surface area contributed by atoms with Gasteiger partial charge in [0.25, 0.3) is 5.91 Å². The van der Waals surface area contributed by atoms with E-state index in [1.807, 2.05) is 0 Å². The zero-order chi connectivity index (χ0) is 22.5. The number of para-hydroxylation sites is 2. The Morgan fingerprint density at radius 2 is 1.61 bits per heavy atom. The number of amides is 2. The molecule has 0 saturated heterocycles. The number of carbonyl (C=O) groups is 2. The fraction of sp³-hybridized carbons (Fsp3) is 0.286. The Labute approximate surface area is 177 Å². The van der Waals surface area contributed by atoms with Gasteiger partial charge in [-0.15, -0.1) is 0 Å². The predicted molar refractivity (Wildman–Crippen MR) is 110 cm³/mol. The lowest BCUT2D eigenvalue weighted by atomic mass is 10.1. The third-order valence-electron chi connectivity index (χ3n) is 4.71. The van der Waals surface area contributed by atoms with Gasteiger partial charge < -0.3 is 35.8 Å². The SMILES string of the molecule is C[C@H]1OC(c2cccc(O)c2O)=N[C@H]1C(=O)NCCCNC(=O)c1cccc(O)c1O. The van der Waals surface area contributed by atoms with Gasteiger partial charge in [0.2, 0.25) is 11.8 Å².